The van der Waals surface area contributed by atoms with Gasteiger partial charge in [0.25, 0.3) is 0 Å². The molecule has 1 aliphatic carbocycles. The highest BCUT2D eigenvalue weighted by molar-refractivity contribution is 7.98. The Labute approximate surface area is 112 Å². The van der Waals surface area contributed by atoms with Crippen molar-refractivity contribution in [2.75, 3.05) is 25.6 Å². The number of nitrogens with zero attached hydrogens (tertiary/aromatic N) is 1. The zero-order chi connectivity index (χ0) is 12.9. The van der Waals surface area contributed by atoms with Gasteiger partial charge in [0.2, 0.25) is 0 Å². The van der Waals surface area contributed by atoms with Gasteiger partial charge in [-0.25, -0.2) is 0 Å². The zero-order valence-corrected chi connectivity index (χ0v) is 12.9. The highest BCUT2D eigenvalue weighted by Gasteiger charge is 2.36. The summed E-state index contributed by atoms with van der Waals surface area (Å²) in [6.45, 7) is 5.54. The number of likely N-dealkylation sites (N-methyl/N-ethyl adjacent to an activating group) is 1. The average molecular weight is 258 g/mol. The van der Waals surface area contributed by atoms with E-state index >= 15 is 0 Å². The van der Waals surface area contributed by atoms with Crippen LogP contribution < -0.4 is 5.73 Å². The second kappa shape index (κ2) is 7.01. The third-order valence-electron chi connectivity index (χ3n) is 4.64. The summed E-state index contributed by atoms with van der Waals surface area (Å²) in [5, 5.41) is 0. The molecule has 17 heavy (non-hydrogen) atoms. The van der Waals surface area contributed by atoms with E-state index in [4.69, 9.17) is 5.73 Å². The molecule has 0 aromatic rings. The van der Waals surface area contributed by atoms with Crippen molar-refractivity contribution in [3.05, 3.63) is 0 Å². The van der Waals surface area contributed by atoms with Crippen LogP contribution >= 0.6 is 11.8 Å². The molecule has 3 atom stereocenters. The summed E-state index contributed by atoms with van der Waals surface area (Å²) >= 11 is 1.93. The smallest absolute Gasteiger partial charge is 0.0331 e. The second-order valence-corrected chi connectivity index (χ2v) is 6.79. The van der Waals surface area contributed by atoms with Crippen LogP contribution in [0.1, 0.15) is 46.0 Å². The molecule has 2 nitrogen and oxygen atoms in total. The third-order valence-corrected chi connectivity index (χ3v) is 5.45. The minimum absolute atomic E-state index is 0.264. The minimum atomic E-state index is 0.264. The molecular formula is C14H30N2S. The largest absolute Gasteiger partial charge is 0.329 e. The maximum Gasteiger partial charge on any atom is 0.0331 e. The Balaban J connectivity index is 2.71. The van der Waals surface area contributed by atoms with E-state index in [1.807, 2.05) is 11.8 Å². The number of hydrogen-bond acceptors (Lipinski definition) is 3. The minimum Gasteiger partial charge on any atom is -0.329 e. The van der Waals surface area contributed by atoms with Gasteiger partial charge in [-0.05, 0) is 45.4 Å². The first-order valence-corrected chi connectivity index (χ1v) is 8.37. The molecule has 0 saturated heterocycles. The summed E-state index contributed by atoms with van der Waals surface area (Å²) in [5.41, 5.74) is 6.40. The lowest BCUT2D eigenvalue weighted by molar-refractivity contribution is 0.0777. The van der Waals surface area contributed by atoms with Crippen molar-refractivity contribution in [1.82, 2.24) is 4.90 Å². The van der Waals surface area contributed by atoms with Crippen LogP contribution in [0, 0.1) is 5.92 Å². The predicted octanol–water partition coefficient (Wildman–Crippen LogP) is 2.97. The van der Waals surface area contributed by atoms with Gasteiger partial charge in [0.05, 0.1) is 0 Å². The molecule has 0 aromatic carbocycles. The molecule has 0 bridgehead atoms. The molecule has 0 spiro atoms. The number of hydrogen-bond donors (Lipinski definition) is 1. The van der Waals surface area contributed by atoms with Crippen LogP contribution in [-0.4, -0.2) is 42.1 Å². The molecule has 1 fully saturated rings. The lowest BCUT2D eigenvalue weighted by atomic mass is 9.87. The summed E-state index contributed by atoms with van der Waals surface area (Å²) in [4.78, 5) is 2.57. The van der Waals surface area contributed by atoms with E-state index in [2.05, 4.69) is 32.1 Å². The van der Waals surface area contributed by atoms with Gasteiger partial charge < -0.3 is 5.73 Å². The van der Waals surface area contributed by atoms with Crippen molar-refractivity contribution in [2.45, 2.75) is 57.5 Å². The molecule has 1 aliphatic rings. The molecule has 1 rings (SSSR count). The van der Waals surface area contributed by atoms with Crippen molar-refractivity contribution in [3.63, 3.8) is 0 Å². The van der Waals surface area contributed by atoms with E-state index in [-0.39, 0.29) is 5.54 Å². The zero-order valence-electron chi connectivity index (χ0n) is 12.0. The summed E-state index contributed by atoms with van der Waals surface area (Å²) in [5.74, 6) is 2.08. The molecule has 102 valence electrons. The third kappa shape index (κ3) is 3.87. The van der Waals surface area contributed by atoms with Gasteiger partial charge in [-0.1, -0.05) is 19.8 Å². The van der Waals surface area contributed by atoms with E-state index in [0.29, 0.717) is 6.04 Å². The van der Waals surface area contributed by atoms with Gasteiger partial charge in [-0.2, -0.15) is 11.8 Å². The monoisotopic (exact) mass is 258 g/mol. The molecule has 0 aromatic heterocycles. The van der Waals surface area contributed by atoms with Crippen molar-refractivity contribution in [3.8, 4) is 0 Å². The Morgan fingerprint density at radius 3 is 2.71 bits per heavy atom. The number of nitrogens with two attached hydrogens (primary N) is 1. The van der Waals surface area contributed by atoms with Crippen molar-refractivity contribution in [2.24, 2.45) is 11.7 Å². The first-order chi connectivity index (χ1) is 8.05. The average Bonchev–Trinajstić information content (AvgIpc) is 2.51. The van der Waals surface area contributed by atoms with Gasteiger partial charge in [0, 0.05) is 23.9 Å². The van der Waals surface area contributed by atoms with Crippen LogP contribution in [-0.2, 0) is 0 Å². The van der Waals surface area contributed by atoms with Crippen LogP contribution in [0.4, 0.5) is 0 Å². The Hall–Kier alpha value is 0.270. The van der Waals surface area contributed by atoms with Crippen molar-refractivity contribution < 1.29 is 0 Å². The van der Waals surface area contributed by atoms with Crippen LogP contribution in [0.15, 0.2) is 0 Å². The van der Waals surface area contributed by atoms with Crippen molar-refractivity contribution >= 4 is 11.8 Å². The maximum atomic E-state index is 6.14. The maximum absolute atomic E-state index is 6.14. The van der Waals surface area contributed by atoms with E-state index < -0.39 is 0 Å². The second-order valence-electron chi connectivity index (χ2n) is 5.88. The molecular weight excluding hydrogens is 228 g/mol. The molecule has 0 amide bonds. The molecule has 1 saturated carbocycles. The van der Waals surface area contributed by atoms with Gasteiger partial charge in [-0.15, -0.1) is 0 Å². The number of rotatable bonds is 5. The van der Waals surface area contributed by atoms with Crippen molar-refractivity contribution in [1.29, 1.82) is 0 Å². The molecule has 3 heteroatoms. The summed E-state index contributed by atoms with van der Waals surface area (Å²) in [7, 11) is 2.28. The van der Waals surface area contributed by atoms with Gasteiger partial charge in [0.1, 0.15) is 0 Å². The van der Waals surface area contributed by atoms with Crippen LogP contribution in [0.25, 0.3) is 0 Å². The molecule has 0 radical (unpaired) electrons. The first kappa shape index (κ1) is 15.3. The van der Waals surface area contributed by atoms with Crippen LogP contribution in [0.5, 0.6) is 0 Å². The fourth-order valence-corrected chi connectivity index (χ4v) is 3.79. The lowest BCUT2D eigenvalue weighted by Crippen LogP contribution is -2.55. The van der Waals surface area contributed by atoms with Crippen LogP contribution in [0.3, 0.4) is 0 Å². The van der Waals surface area contributed by atoms with E-state index in [1.54, 1.807) is 0 Å². The first-order valence-electron chi connectivity index (χ1n) is 6.97. The summed E-state index contributed by atoms with van der Waals surface area (Å²) in [6.07, 6.45) is 8.81. The summed E-state index contributed by atoms with van der Waals surface area (Å²) in [6, 6.07) is 0.627. The molecule has 0 aliphatic heterocycles. The fraction of sp³-hybridized carbons (Fsp3) is 1.00. The molecule has 0 heterocycles. The van der Waals surface area contributed by atoms with Gasteiger partial charge in [0.15, 0.2) is 0 Å². The standard InChI is InChI=1S/C14H30N2S/c1-12-6-5-8-14(11-15,9-7-12)16(3)13(2)10-17-4/h12-13H,5-11,15H2,1-4H3. The Bertz CT molecular complexity index is 222. The van der Waals surface area contributed by atoms with E-state index in [1.165, 1.54) is 37.9 Å². The topological polar surface area (TPSA) is 29.3 Å². The Morgan fingerprint density at radius 2 is 2.12 bits per heavy atom. The SMILES string of the molecule is CSCC(C)N(C)C1(CN)CCCC(C)CC1. The predicted molar refractivity (Wildman–Crippen MR) is 79.6 cm³/mol. The summed E-state index contributed by atoms with van der Waals surface area (Å²) < 4.78 is 0. The normalized spacial score (nSPS) is 32.5. The quantitative estimate of drug-likeness (QED) is 0.769. The van der Waals surface area contributed by atoms with Crippen LogP contribution in [0.2, 0.25) is 0 Å². The molecule has 3 unspecified atom stereocenters. The highest BCUT2D eigenvalue weighted by atomic mass is 32.2. The lowest BCUT2D eigenvalue weighted by Gasteiger charge is -2.44. The van der Waals surface area contributed by atoms with Gasteiger partial charge >= 0.3 is 0 Å². The molecule has 2 N–H and O–H groups in total. The highest BCUT2D eigenvalue weighted by Crippen LogP contribution is 2.34. The number of thioether (sulfide) groups is 1. The Kier molecular flexibility index (Phi) is 6.32. The fourth-order valence-electron chi connectivity index (χ4n) is 3.09. The van der Waals surface area contributed by atoms with Gasteiger partial charge in [-0.3, -0.25) is 4.90 Å². The van der Waals surface area contributed by atoms with E-state index in [0.717, 1.165) is 12.5 Å². The Morgan fingerprint density at radius 1 is 1.41 bits per heavy atom. The van der Waals surface area contributed by atoms with E-state index in [9.17, 15) is 0 Å².